The summed E-state index contributed by atoms with van der Waals surface area (Å²) in [5.41, 5.74) is 1.74. The Labute approximate surface area is 156 Å². The van der Waals surface area contributed by atoms with E-state index in [-0.39, 0.29) is 24.4 Å². The van der Waals surface area contributed by atoms with Gasteiger partial charge in [0.2, 0.25) is 12.3 Å². The van der Waals surface area contributed by atoms with Crippen LogP contribution in [0.3, 0.4) is 0 Å². The molecule has 4 rings (SSSR count). The second kappa shape index (κ2) is 7.18. The summed E-state index contributed by atoms with van der Waals surface area (Å²) in [6, 6.07) is 7.52. The van der Waals surface area contributed by atoms with Gasteiger partial charge < -0.3 is 9.40 Å². The number of hydrogen-bond acceptors (Lipinski definition) is 4. The van der Waals surface area contributed by atoms with Crippen molar-refractivity contribution in [3.8, 4) is 11.3 Å². The third-order valence-corrected chi connectivity index (χ3v) is 4.27. The highest BCUT2D eigenvalue weighted by molar-refractivity contribution is 5.93. The molecule has 4 aromatic rings. The van der Waals surface area contributed by atoms with E-state index in [1.54, 1.807) is 0 Å². The lowest BCUT2D eigenvalue weighted by molar-refractivity contribution is -0.116. The molecule has 2 heterocycles. The lowest BCUT2D eigenvalue weighted by Crippen LogP contribution is -2.12. The van der Waals surface area contributed by atoms with E-state index in [0.717, 1.165) is 12.5 Å². The van der Waals surface area contributed by atoms with Crippen LogP contribution in [0.1, 0.15) is 12.0 Å². The van der Waals surface area contributed by atoms with Crippen LogP contribution in [0, 0.1) is 17.5 Å². The number of amides is 1. The summed E-state index contributed by atoms with van der Waals surface area (Å²) in [4.78, 5) is 15.0. The van der Waals surface area contributed by atoms with Gasteiger partial charge in [-0.1, -0.05) is 5.10 Å². The van der Waals surface area contributed by atoms with Crippen LogP contribution >= 0.6 is 0 Å². The molecule has 0 radical (unpaired) electrons. The number of rotatable bonds is 5. The van der Waals surface area contributed by atoms with Gasteiger partial charge in [0.25, 0.3) is 0 Å². The monoisotopic (exact) mass is 386 g/mol. The molecule has 2 aromatic carbocycles. The number of hydrogen-bond donors (Lipinski definition) is 2. The van der Waals surface area contributed by atoms with Gasteiger partial charge in [-0.3, -0.25) is 10.1 Å². The van der Waals surface area contributed by atoms with Crippen molar-refractivity contribution in [2.75, 3.05) is 5.32 Å². The molecule has 1 amide bonds. The summed E-state index contributed by atoms with van der Waals surface area (Å²) in [6.45, 7) is 0. The highest BCUT2D eigenvalue weighted by atomic mass is 19.1. The van der Waals surface area contributed by atoms with Gasteiger partial charge in [-0.15, -0.1) is 5.10 Å². The van der Waals surface area contributed by atoms with Gasteiger partial charge in [-0.2, -0.15) is 0 Å². The van der Waals surface area contributed by atoms with Gasteiger partial charge >= 0.3 is 6.01 Å². The number of carbonyl (C=O) groups is 1. The Morgan fingerprint density at radius 2 is 1.89 bits per heavy atom. The van der Waals surface area contributed by atoms with E-state index in [0.29, 0.717) is 22.2 Å². The van der Waals surface area contributed by atoms with Crippen molar-refractivity contribution in [2.45, 2.75) is 12.8 Å². The maximum absolute atomic E-state index is 14.2. The molecule has 0 aliphatic rings. The van der Waals surface area contributed by atoms with Crippen LogP contribution in [0.4, 0.5) is 19.2 Å². The summed E-state index contributed by atoms with van der Waals surface area (Å²) in [7, 11) is 0. The fourth-order valence-electron chi connectivity index (χ4n) is 3.04. The minimum Gasteiger partial charge on any atom is -0.411 e. The largest absolute Gasteiger partial charge is 0.411 e. The van der Waals surface area contributed by atoms with Crippen molar-refractivity contribution in [1.29, 1.82) is 0 Å². The fourth-order valence-corrected chi connectivity index (χ4v) is 3.04. The smallest absolute Gasteiger partial charge is 0.322 e. The SMILES string of the molecule is O=C(CCc1c(-c2ccc(F)cc2)[nH]c2c(F)cc(F)cc12)Nc1nnco1. The zero-order valence-electron chi connectivity index (χ0n) is 14.3. The van der Waals surface area contributed by atoms with Crippen LogP contribution in [0.25, 0.3) is 22.2 Å². The molecular formula is C19H13F3N4O2. The second-order valence-corrected chi connectivity index (χ2v) is 6.09. The molecule has 9 heteroatoms. The summed E-state index contributed by atoms with van der Waals surface area (Å²) < 4.78 is 46.1. The lowest BCUT2D eigenvalue weighted by Gasteiger charge is -2.06. The standard InChI is InChI=1S/C19H13F3N4O2/c20-11-3-1-10(2-4-11)17-13(5-6-16(27)24-19-26-23-9-28-19)14-7-12(21)8-15(22)18(14)25-17/h1-4,7-9,25H,5-6H2,(H,24,26,27). The van der Waals surface area contributed by atoms with Gasteiger partial charge in [-0.05, 0) is 47.9 Å². The first kappa shape index (κ1) is 17.8. The number of H-pyrrole nitrogens is 1. The third kappa shape index (κ3) is 3.46. The highest BCUT2D eigenvalue weighted by Crippen LogP contribution is 2.33. The number of nitrogens with one attached hydrogen (secondary N) is 2. The first-order chi connectivity index (χ1) is 13.5. The number of nitrogens with zero attached hydrogens (tertiary/aromatic N) is 2. The van der Waals surface area contributed by atoms with E-state index in [9.17, 15) is 18.0 Å². The average molecular weight is 386 g/mol. The number of fused-ring (bicyclic) bond motifs is 1. The molecule has 6 nitrogen and oxygen atoms in total. The first-order valence-electron chi connectivity index (χ1n) is 8.33. The number of carbonyl (C=O) groups excluding carboxylic acids is 1. The summed E-state index contributed by atoms with van der Waals surface area (Å²) in [5, 5.41) is 9.77. The molecule has 0 atom stereocenters. The summed E-state index contributed by atoms with van der Waals surface area (Å²) >= 11 is 0. The molecule has 0 unspecified atom stereocenters. The normalized spacial score (nSPS) is 11.1. The molecule has 0 spiro atoms. The molecule has 0 saturated carbocycles. The topological polar surface area (TPSA) is 83.8 Å². The Morgan fingerprint density at radius 1 is 1.11 bits per heavy atom. The molecule has 0 fully saturated rings. The summed E-state index contributed by atoms with van der Waals surface area (Å²) in [6.07, 6.45) is 1.25. The molecule has 0 saturated heterocycles. The predicted octanol–water partition coefficient (Wildman–Crippen LogP) is 4.21. The van der Waals surface area contributed by atoms with Crippen molar-refractivity contribution in [3.63, 3.8) is 0 Å². The van der Waals surface area contributed by atoms with Crippen LogP contribution in [0.5, 0.6) is 0 Å². The van der Waals surface area contributed by atoms with Crippen molar-refractivity contribution >= 4 is 22.8 Å². The Morgan fingerprint density at radius 3 is 2.61 bits per heavy atom. The molecular weight excluding hydrogens is 373 g/mol. The van der Waals surface area contributed by atoms with Crippen molar-refractivity contribution in [2.24, 2.45) is 0 Å². The fraction of sp³-hybridized carbons (Fsp3) is 0.105. The molecule has 0 aliphatic heterocycles. The second-order valence-electron chi connectivity index (χ2n) is 6.09. The van der Waals surface area contributed by atoms with Gasteiger partial charge in [0, 0.05) is 23.6 Å². The third-order valence-electron chi connectivity index (χ3n) is 4.27. The van der Waals surface area contributed by atoms with E-state index in [1.165, 1.54) is 30.3 Å². The number of aryl methyl sites for hydroxylation is 1. The van der Waals surface area contributed by atoms with Crippen LogP contribution in [0.2, 0.25) is 0 Å². The van der Waals surface area contributed by atoms with Crippen molar-refractivity contribution in [3.05, 3.63) is 65.8 Å². The molecule has 0 bridgehead atoms. The molecule has 28 heavy (non-hydrogen) atoms. The number of aromatic nitrogens is 3. The molecule has 2 N–H and O–H groups in total. The maximum atomic E-state index is 14.2. The molecule has 142 valence electrons. The van der Waals surface area contributed by atoms with Gasteiger partial charge in [0.1, 0.15) is 17.5 Å². The van der Waals surface area contributed by atoms with Crippen LogP contribution in [0.15, 0.2) is 47.2 Å². The van der Waals surface area contributed by atoms with Crippen molar-refractivity contribution < 1.29 is 22.4 Å². The zero-order chi connectivity index (χ0) is 19.7. The summed E-state index contributed by atoms with van der Waals surface area (Å²) in [5.74, 6) is -2.30. The van der Waals surface area contributed by atoms with E-state index < -0.39 is 23.4 Å². The van der Waals surface area contributed by atoms with Gasteiger partial charge in [0.05, 0.1) is 5.52 Å². The average Bonchev–Trinajstić information content (AvgIpc) is 3.28. The highest BCUT2D eigenvalue weighted by Gasteiger charge is 2.18. The maximum Gasteiger partial charge on any atom is 0.322 e. The zero-order valence-corrected chi connectivity index (χ0v) is 14.3. The Balaban J connectivity index is 1.70. The number of benzene rings is 2. The first-order valence-corrected chi connectivity index (χ1v) is 8.33. The minimum absolute atomic E-state index is 0.00165. The quantitative estimate of drug-likeness (QED) is 0.538. The predicted molar refractivity (Wildman–Crippen MR) is 94.9 cm³/mol. The molecule has 0 aliphatic carbocycles. The Hall–Kier alpha value is -3.62. The Bertz CT molecular complexity index is 1140. The van der Waals surface area contributed by atoms with Gasteiger partial charge in [0.15, 0.2) is 0 Å². The van der Waals surface area contributed by atoms with Crippen molar-refractivity contribution in [1.82, 2.24) is 15.2 Å². The number of anilines is 1. The number of halogens is 3. The van der Waals surface area contributed by atoms with Crippen LogP contribution in [-0.4, -0.2) is 21.1 Å². The van der Waals surface area contributed by atoms with Crippen LogP contribution < -0.4 is 5.32 Å². The number of aromatic amines is 1. The van der Waals surface area contributed by atoms with E-state index in [1.807, 2.05) is 0 Å². The van der Waals surface area contributed by atoms with E-state index in [2.05, 4.69) is 20.5 Å². The lowest BCUT2D eigenvalue weighted by atomic mass is 10.0. The van der Waals surface area contributed by atoms with E-state index >= 15 is 0 Å². The van der Waals surface area contributed by atoms with Gasteiger partial charge in [-0.25, -0.2) is 13.2 Å². The van der Waals surface area contributed by atoms with E-state index in [4.69, 9.17) is 4.42 Å². The minimum atomic E-state index is -0.750. The molecule has 2 aromatic heterocycles. The van der Waals surface area contributed by atoms with Crippen LogP contribution in [-0.2, 0) is 11.2 Å². The Kier molecular flexibility index (Phi) is 4.56.